The highest BCUT2D eigenvalue weighted by molar-refractivity contribution is 6.30. The Balaban J connectivity index is 1.97. The van der Waals surface area contributed by atoms with E-state index in [1.807, 2.05) is 25.2 Å². The van der Waals surface area contributed by atoms with Gasteiger partial charge in [0.2, 0.25) is 0 Å². The van der Waals surface area contributed by atoms with Gasteiger partial charge in [0.1, 0.15) is 19.0 Å². The van der Waals surface area contributed by atoms with Gasteiger partial charge in [-0.15, -0.1) is 0 Å². The minimum Gasteiger partial charge on any atom is -0.486 e. The molecule has 1 aliphatic heterocycles. The number of hydrogen-bond donors (Lipinski definition) is 1. The van der Waals surface area contributed by atoms with E-state index in [-0.39, 0.29) is 11.1 Å². The van der Waals surface area contributed by atoms with E-state index in [0.717, 1.165) is 22.6 Å². The molecule has 0 saturated carbocycles. The first-order valence-electron chi connectivity index (χ1n) is 6.71. The molecule has 1 N–H and O–H groups in total. The van der Waals surface area contributed by atoms with Gasteiger partial charge in [0, 0.05) is 0 Å². The Labute approximate surface area is 127 Å². The predicted octanol–water partition coefficient (Wildman–Crippen LogP) is 3.56. The van der Waals surface area contributed by atoms with Crippen molar-refractivity contribution in [1.82, 2.24) is 5.32 Å². The maximum Gasteiger partial charge on any atom is 0.161 e. The molecule has 1 atom stereocenters. The average molecular weight is 308 g/mol. The number of halogens is 2. The number of nitrogens with one attached hydrogen (secondary N) is 1. The molecule has 0 radical (unpaired) electrons. The molecule has 2 aromatic carbocycles. The molecule has 0 fully saturated rings. The highest BCUT2D eigenvalue weighted by Crippen LogP contribution is 2.34. The zero-order valence-electron chi connectivity index (χ0n) is 11.5. The number of fused-ring (bicyclic) bond motifs is 1. The molecule has 21 heavy (non-hydrogen) atoms. The fourth-order valence-electron chi connectivity index (χ4n) is 2.46. The van der Waals surface area contributed by atoms with Gasteiger partial charge in [0.05, 0.1) is 11.1 Å². The van der Waals surface area contributed by atoms with Crippen LogP contribution < -0.4 is 14.8 Å². The van der Waals surface area contributed by atoms with Crippen LogP contribution in [0.4, 0.5) is 4.39 Å². The van der Waals surface area contributed by atoms with Crippen LogP contribution in [0.5, 0.6) is 11.5 Å². The SMILES string of the molecule is CNC(c1ccc(F)c(Cl)c1)c1ccc2c(c1)OCCO2. The highest BCUT2D eigenvalue weighted by Gasteiger charge is 2.18. The average Bonchev–Trinajstić information content (AvgIpc) is 2.51. The van der Waals surface area contributed by atoms with E-state index >= 15 is 0 Å². The fourth-order valence-corrected chi connectivity index (χ4v) is 2.65. The molecule has 0 spiro atoms. The van der Waals surface area contributed by atoms with E-state index in [1.165, 1.54) is 6.07 Å². The lowest BCUT2D eigenvalue weighted by atomic mass is 9.98. The van der Waals surface area contributed by atoms with Gasteiger partial charge in [0.15, 0.2) is 11.5 Å². The second-order valence-electron chi connectivity index (χ2n) is 4.80. The number of hydrogen-bond acceptors (Lipinski definition) is 3. The van der Waals surface area contributed by atoms with Crippen molar-refractivity contribution in [2.45, 2.75) is 6.04 Å². The fraction of sp³-hybridized carbons (Fsp3) is 0.250. The largest absolute Gasteiger partial charge is 0.486 e. The third-order valence-corrected chi connectivity index (χ3v) is 3.75. The summed E-state index contributed by atoms with van der Waals surface area (Å²) in [7, 11) is 1.85. The van der Waals surface area contributed by atoms with E-state index in [4.69, 9.17) is 21.1 Å². The molecule has 5 heteroatoms. The maximum absolute atomic E-state index is 13.3. The molecule has 3 rings (SSSR count). The smallest absolute Gasteiger partial charge is 0.161 e. The first kappa shape index (κ1) is 14.2. The van der Waals surface area contributed by atoms with Crippen LogP contribution in [0.2, 0.25) is 5.02 Å². The van der Waals surface area contributed by atoms with Gasteiger partial charge in [-0.1, -0.05) is 23.7 Å². The molecule has 1 unspecified atom stereocenters. The summed E-state index contributed by atoms with van der Waals surface area (Å²) in [6, 6.07) is 10.4. The van der Waals surface area contributed by atoms with Crippen molar-refractivity contribution in [3.8, 4) is 11.5 Å². The summed E-state index contributed by atoms with van der Waals surface area (Å²) in [5.74, 6) is 1.06. The Morgan fingerprint density at radius 3 is 2.43 bits per heavy atom. The van der Waals surface area contributed by atoms with Crippen LogP contribution in [0.15, 0.2) is 36.4 Å². The Bertz CT molecular complexity index is 663. The normalized spacial score (nSPS) is 14.8. The van der Waals surface area contributed by atoms with Crippen LogP contribution in [0.3, 0.4) is 0 Å². The van der Waals surface area contributed by atoms with Crippen LogP contribution in [0.1, 0.15) is 17.2 Å². The van der Waals surface area contributed by atoms with Crippen LogP contribution in [0.25, 0.3) is 0 Å². The molecule has 0 bridgehead atoms. The van der Waals surface area contributed by atoms with E-state index in [2.05, 4.69) is 5.32 Å². The van der Waals surface area contributed by atoms with Crippen molar-refractivity contribution in [2.24, 2.45) is 0 Å². The van der Waals surface area contributed by atoms with Gasteiger partial charge in [-0.05, 0) is 42.4 Å². The lowest BCUT2D eigenvalue weighted by molar-refractivity contribution is 0.171. The zero-order chi connectivity index (χ0) is 14.8. The third-order valence-electron chi connectivity index (χ3n) is 3.47. The second-order valence-corrected chi connectivity index (χ2v) is 5.21. The number of rotatable bonds is 3. The van der Waals surface area contributed by atoms with Crippen molar-refractivity contribution in [2.75, 3.05) is 20.3 Å². The molecule has 1 aliphatic rings. The monoisotopic (exact) mass is 307 g/mol. The minimum absolute atomic E-state index is 0.0982. The summed E-state index contributed by atoms with van der Waals surface area (Å²) in [5.41, 5.74) is 1.89. The van der Waals surface area contributed by atoms with Gasteiger partial charge < -0.3 is 14.8 Å². The molecular formula is C16H15ClFNO2. The topological polar surface area (TPSA) is 30.5 Å². The van der Waals surface area contributed by atoms with Crippen molar-refractivity contribution < 1.29 is 13.9 Å². The standard InChI is InChI=1S/C16H15ClFNO2/c1-19-16(10-2-4-13(18)12(17)8-10)11-3-5-14-15(9-11)21-7-6-20-14/h2-5,8-9,16,19H,6-7H2,1H3. The van der Waals surface area contributed by atoms with Crippen molar-refractivity contribution in [3.63, 3.8) is 0 Å². The molecule has 0 aromatic heterocycles. The number of benzene rings is 2. The summed E-state index contributed by atoms with van der Waals surface area (Å²) in [6.45, 7) is 1.11. The van der Waals surface area contributed by atoms with Crippen molar-refractivity contribution in [3.05, 3.63) is 58.4 Å². The summed E-state index contributed by atoms with van der Waals surface area (Å²) >= 11 is 5.87. The van der Waals surface area contributed by atoms with E-state index in [0.29, 0.717) is 13.2 Å². The van der Waals surface area contributed by atoms with E-state index in [9.17, 15) is 4.39 Å². The molecule has 110 valence electrons. The van der Waals surface area contributed by atoms with E-state index in [1.54, 1.807) is 12.1 Å². The van der Waals surface area contributed by atoms with Crippen LogP contribution in [-0.2, 0) is 0 Å². The lowest BCUT2D eigenvalue weighted by Gasteiger charge is -2.22. The van der Waals surface area contributed by atoms with E-state index < -0.39 is 5.82 Å². The highest BCUT2D eigenvalue weighted by atomic mass is 35.5. The van der Waals surface area contributed by atoms with Gasteiger partial charge in [-0.3, -0.25) is 0 Å². The predicted molar refractivity (Wildman–Crippen MR) is 79.7 cm³/mol. The van der Waals surface area contributed by atoms with Gasteiger partial charge in [0.25, 0.3) is 0 Å². The Morgan fingerprint density at radius 1 is 1.05 bits per heavy atom. The quantitative estimate of drug-likeness (QED) is 0.940. The maximum atomic E-state index is 13.3. The third kappa shape index (κ3) is 2.82. The summed E-state index contributed by atoms with van der Waals surface area (Å²) in [5, 5.41) is 3.33. The van der Waals surface area contributed by atoms with Crippen molar-refractivity contribution >= 4 is 11.6 Å². The molecule has 0 saturated heterocycles. The molecule has 2 aromatic rings. The summed E-state index contributed by atoms with van der Waals surface area (Å²) < 4.78 is 24.4. The second kappa shape index (κ2) is 5.92. The summed E-state index contributed by atoms with van der Waals surface area (Å²) in [6.07, 6.45) is 0. The molecule has 3 nitrogen and oxygen atoms in total. The van der Waals surface area contributed by atoms with Gasteiger partial charge >= 0.3 is 0 Å². The Hall–Kier alpha value is -1.78. The van der Waals surface area contributed by atoms with Crippen LogP contribution in [-0.4, -0.2) is 20.3 Å². The first-order valence-corrected chi connectivity index (χ1v) is 7.08. The molecule has 1 heterocycles. The van der Waals surface area contributed by atoms with Crippen molar-refractivity contribution in [1.29, 1.82) is 0 Å². The van der Waals surface area contributed by atoms with Gasteiger partial charge in [-0.2, -0.15) is 0 Å². The first-order chi connectivity index (χ1) is 10.2. The van der Waals surface area contributed by atoms with Crippen LogP contribution in [0, 0.1) is 5.82 Å². The molecule has 0 aliphatic carbocycles. The Kier molecular flexibility index (Phi) is 3.99. The lowest BCUT2D eigenvalue weighted by Crippen LogP contribution is -2.19. The van der Waals surface area contributed by atoms with Gasteiger partial charge in [-0.25, -0.2) is 4.39 Å². The zero-order valence-corrected chi connectivity index (χ0v) is 12.3. The Morgan fingerprint density at radius 2 is 1.71 bits per heavy atom. The molecular weight excluding hydrogens is 293 g/mol. The minimum atomic E-state index is -0.419. The van der Waals surface area contributed by atoms with Crippen LogP contribution >= 0.6 is 11.6 Å². The number of ether oxygens (including phenoxy) is 2. The molecule has 0 amide bonds. The summed E-state index contributed by atoms with van der Waals surface area (Å²) in [4.78, 5) is 0.